The van der Waals surface area contributed by atoms with Crippen molar-refractivity contribution in [1.29, 1.82) is 0 Å². The minimum Gasteiger partial charge on any atom is -0.460 e. The molecule has 0 spiro atoms. The number of esters is 1. The van der Waals surface area contributed by atoms with Gasteiger partial charge >= 0.3 is 5.97 Å². The van der Waals surface area contributed by atoms with Gasteiger partial charge in [0.1, 0.15) is 5.60 Å². The van der Waals surface area contributed by atoms with Crippen molar-refractivity contribution >= 4 is 36.5 Å². The molecule has 4 nitrogen and oxygen atoms in total. The van der Waals surface area contributed by atoms with Gasteiger partial charge in [-0.15, -0.1) is 24.8 Å². The molecule has 1 aromatic heterocycles. The van der Waals surface area contributed by atoms with Crippen LogP contribution in [-0.2, 0) is 9.53 Å². The summed E-state index contributed by atoms with van der Waals surface area (Å²) in [5, 5.41) is 0. The van der Waals surface area contributed by atoms with Gasteiger partial charge in [-0.1, -0.05) is 0 Å². The fourth-order valence-electron chi connectivity index (χ4n) is 2.30. The maximum atomic E-state index is 12.0. The smallest absolute Gasteiger partial charge is 0.309 e. The molecule has 0 saturated carbocycles. The molecule has 1 aliphatic rings. The molecule has 2 heterocycles. The third-order valence-electron chi connectivity index (χ3n) is 3.25. The lowest BCUT2D eigenvalue weighted by atomic mass is 9.96. The van der Waals surface area contributed by atoms with Crippen molar-refractivity contribution in [2.24, 2.45) is 5.92 Å². The van der Waals surface area contributed by atoms with Crippen LogP contribution in [0, 0.1) is 5.92 Å². The Morgan fingerprint density at radius 1 is 1.29 bits per heavy atom. The quantitative estimate of drug-likeness (QED) is 0.776. The summed E-state index contributed by atoms with van der Waals surface area (Å²) >= 11 is 0. The van der Waals surface area contributed by atoms with Crippen LogP contribution in [0.5, 0.6) is 0 Å². The van der Waals surface area contributed by atoms with Gasteiger partial charge in [-0.3, -0.25) is 9.78 Å². The van der Waals surface area contributed by atoms with Crippen molar-refractivity contribution in [3.8, 4) is 0 Å². The minimum absolute atomic E-state index is 0. The second-order valence-corrected chi connectivity index (χ2v) is 6.01. The third kappa shape index (κ3) is 6.10. The van der Waals surface area contributed by atoms with Crippen molar-refractivity contribution in [1.82, 2.24) is 4.98 Å². The number of anilines is 1. The van der Waals surface area contributed by atoms with Crippen LogP contribution in [0.1, 0.15) is 33.6 Å². The number of pyridine rings is 1. The Morgan fingerprint density at radius 2 is 1.90 bits per heavy atom. The highest BCUT2D eigenvalue weighted by atomic mass is 35.5. The molecule has 1 aliphatic heterocycles. The molecular weight excluding hydrogens is 311 g/mol. The van der Waals surface area contributed by atoms with Gasteiger partial charge in [-0.25, -0.2) is 0 Å². The zero-order chi connectivity index (χ0) is 13.9. The Bertz CT molecular complexity index is 427. The van der Waals surface area contributed by atoms with Crippen LogP contribution in [0.4, 0.5) is 5.69 Å². The van der Waals surface area contributed by atoms with Crippen LogP contribution in [0.15, 0.2) is 24.5 Å². The number of halogens is 2. The predicted octanol–water partition coefficient (Wildman–Crippen LogP) is 3.48. The Kier molecular flexibility index (Phi) is 8.04. The molecule has 6 heteroatoms. The summed E-state index contributed by atoms with van der Waals surface area (Å²) in [5.41, 5.74) is 0.738. The van der Waals surface area contributed by atoms with Gasteiger partial charge in [0.2, 0.25) is 0 Å². The van der Waals surface area contributed by atoms with E-state index in [9.17, 15) is 4.79 Å². The molecule has 0 aliphatic carbocycles. The zero-order valence-electron chi connectivity index (χ0n) is 12.7. The Hall–Kier alpha value is -1.00. The lowest BCUT2D eigenvalue weighted by molar-refractivity contribution is -0.160. The number of hydrogen-bond acceptors (Lipinski definition) is 4. The number of carbonyl (C=O) groups excluding carboxylic acids is 1. The SMILES string of the molecule is CC(C)(C)OC(=O)C1CCN(c2cccnc2)CC1.Cl.Cl. The number of piperidine rings is 1. The van der Waals surface area contributed by atoms with Gasteiger partial charge < -0.3 is 9.64 Å². The molecule has 2 rings (SSSR count). The second kappa shape index (κ2) is 8.44. The topological polar surface area (TPSA) is 42.4 Å². The monoisotopic (exact) mass is 334 g/mol. The van der Waals surface area contributed by atoms with Gasteiger partial charge in [-0.05, 0) is 45.7 Å². The largest absolute Gasteiger partial charge is 0.460 e. The molecular formula is C15H24Cl2N2O2. The number of carbonyl (C=O) groups is 1. The van der Waals surface area contributed by atoms with E-state index < -0.39 is 5.60 Å². The summed E-state index contributed by atoms with van der Waals surface area (Å²) in [6.07, 6.45) is 5.35. The predicted molar refractivity (Wildman–Crippen MR) is 89.5 cm³/mol. The van der Waals surface area contributed by atoms with Gasteiger partial charge in [-0.2, -0.15) is 0 Å². The summed E-state index contributed by atoms with van der Waals surface area (Å²) in [6.45, 7) is 7.51. The molecule has 0 bridgehead atoms. The molecule has 1 fully saturated rings. The average molecular weight is 335 g/mol. The molecule has 0 atom stereocenters. The highest BCUT2D eigenvalue weighted by Gasteiger charge is 2.29. The highest BCUT2D eigenvalue weighted by Crippen LogP contribution is 2.24. The third-order valence-corrected chi connectivity index (χ3v) is 3.25. The van der Waals surface area contributed by atoms with Crippen molar-refractivity contribution in [2.45, 2.75) is 39.2 Å². The first-order valence-electron chi connectivity index (χ1n) is 6.83. The lowest BCUT2D eigenvalue weighted by Gasteiger charge is -2.33. The second-order valence-electron chi connectivity index (χ2n) is 6.01. The fourth-order valence-corrected chi connectivity index (χ4v) is 2.30. The van der Waals surface area contributed by atoms with E-state index >= 15 is 0 Å². The standard InChI is InChI=1S/C15H22N2O2.2ClH/c1-15(2,3)19-14(18)12-6-9-17(10-7-12)13-5-4-8-16-11-13;;/h4-5,8,11-12H,6-7,9-10H2,1-3H3;2*1H. The molecule has 0 N–H and O–H groups in total. The van der Waals surface area contributed by atoms with Crippen molar-refractivity contribution in [3.63, 3.8) is 0 Å². The average Bonchev–Trinajstić information content (AvgIpc) is 2.38. The summed E-state index contributed by atoms with van der Waals surface area (Å²) in [4.78, 5) is 18.4. The van der Waals surface area contributed by atoms with Crippen LogP contribution in [0.3, 0.4) is 0 Å². The van der Waals surface area contributed by atoms with E-state index in [4.69, 9.17) is 4.74 Å². The van der Waals surface area contributed by atoms with Crippen LogP contribution < -0.4 is 4.90 Å². The summed E-state index contributed by atoms with van der Waals surface area (Å²) in [7, 11) is 0. The number of aromatic nitrogens is 1. The normalized spacial score (nSPS) is 15.7. The Morgan fingerprint density at radius 3 is 2.38 bits per heavy atom. The Labute approximate surface area is 139 Å². The van der Waals surface area contributed by atoms with Crippen molar-refractivity contribution < 1.29 is 9.53 Å². The highest BCUT2D eigenvalue weighted by molar-refractivity contribution is 5.85. The van der Waals surface area contributed by atoms with Crippen LogP contribution in [0.2, 0.25) is 0 Å². The van der Waals surface area contributed by atoms with Crippen molar-refractivity contribution in [2.75, 3.05) is 18.0 Å². The number of hydrogen-bond donors (Lipinski definition) is 0. The molecule has 0 radical (unpaired) electrons. The first-order valence-corrected chi connectivity index (χ1v) is 6.83. The van der Waals surface area contributed by atoms with Crippen LogP contribution in [-0.4, -0.2) is 29.6 Å². The van der Waals surface area contributed by atoms with Gasteiger partial charge in [0.05, 0.1) is 17.8 Å². The molecule has 1 saturated heterocycles. The first kappa shape index (κ1) is 20.0. The number of ether oxygens (including phenoxy) is 1. The molecule has 21 heavy (non-hydrogen) atoms. The molecule has 1 aromatic rings. The van der Waals surface area contributed by atoms with E-state index in [0.717, 1.165) is 31.6 Å². The molecule has 120 valence electrons. The van der Waals surface area contributed by atoms with E-state index in [1.165, 1.54) is 0 Å². The van der Waals surface area contributed by atoms with E-state index in [1.807, 2.05) is 33.0 Å². The molecule has 0 unspecified atom stereocenters. The van der Waals surface area contributed by atoms with E-state index in [-0.39, 0.29) is 36.7 Å². The van der Waals surface area contributed by atoms with E-state index in [0.29, 0.717) is 0 Å². The van der Waals surface area contributed by atoms with Gasteiger partial charge in [0, 0.05) is 19.3 Å². The number of nitrogens with zero attached hydrogens (tertiary/aromatic N) is 2. The van der Waals surface area contributed by atoms with Crippen LogP contribution >= 0.6 is 24.8 Å². The minimum atomic E-state index is -0.391. The van der Waals surface area contributed by atoms with Crippen LogP contribution in [0.25, 0.3) is 0 Å². The summed E-state index contributed by atoms with van der Waals surface area (Å²) in [5.74, 6) is -0.0227. The van der Waals surface area contributed by atoms with Crippen molar-refractivity contribution in [3.05, 3.63) is 24.5 Å². The summed E-state index contributed by atoms with van der Waals surface area (Å²) < 4.78 is 5.45. The fraction of sp³-hybridized carbons (Fsp3) is 0.600. The van der Waals surface area contributed by atoms with Gasteiger partial charge in [0.15, 0.2) is 0 Å². The molecule has 0 aromatic carbocycles. The Balaban J connectivity index is 0.00000200. The summed E-state index contributed by atoms with van der Waals surface area (Å²) in [6, 6.07) is 4.00. The lowest BCUT2D eigenvalue weighted by Crippen LogP contribution is -2.38. The van der Waals surface area contributed by atoms with E-state index in [1.54, 1.807) is 6.20 Å². The maximum Gasteiger partial charge on any atom is 0.309 e. The maximum absolute atomic E-state index is 12.0. The molecule has 0 amide bonds. The van der Waals surface area contributed by atoms with Gasteiger partial charge in [0.25, 0.3) is 0 Å². The number of rotatable bonds is 2. The van der Waals surface area contributed by atoms with E-state index in [2.05, 4.69) is 16.0 Å². The zero-order valence-corrected chi connectivity index (χ0v) is 14.4. The first-order chi connectivity index (χ1) is 8.96.